The summed E-state index contributed by atoms with van der Waals surface area (Å²) >= 11 is 0. The molecule has 0 radical (unpaired) electrons. The van der Waals surface area contributed by atoms with E-state index in [0.717, 1.165) is 0 Å². The number of ether oxygens (including phenoxy) is 1. The molecule has 1 fully saturated rings. The van der Waals surface area contributed by atoms with E-state index in [1.165, 1.54) is 6.20 Å². The molecule has 1 aromatic heterocycles. The van der Waals surface area contributed by atoms with Crippen LogP contribution in [0, 0.1) is 11.3 Å². The van der Waals surface area contributed by atoms with Crippen LogP contribution in [-0.2, 0) is 9.53 Å². The van der Waals surface area contributed by atoms with Crippen LogP contribution >= 0.6 is 0 Å². The van der Waals surface area contributed by atoms with Gasteiger partial charge in [0.2, 0.25) is 5.91 Å². The maximum atomic E-state index is 11.9. The second-order valence-electron chi connectivity index (χ2n) is 4.08. The van der Waals surface area contributed by atoms with E-state index in [-0.39, 0.29) is 5.91 Å². The average Bonchev–Trinajstić information content (AvgIpc) is 2.48. The molecule has 0 spiro atoms. The van der Waals surface area contributed by atoms with Crippen molar-refractivity contribution < 1.29 is 9.53 Å². The third kappa shape index (κ3) is 3.63. The van der Waals surface area contributed by atoms with Gasteiger partial charge in [-0.25, -0.2) is 0 Å². The van der Waals surface area contributed by atoms with Gasteiger partial charge in [0.15, 0.2) is 5.82 Å². The maximum Gasteiger partial charge on any atom is 0.224 e. The molecule has 19 heavy (non-hydrogen) atoms. The van der Waals surface area contributed by atoms with Gasteiger partial charge >= 0.3 is 0 Å². The Morgan fingerprint density at radius 3 is 3.05 bits per heavy atom. The number of morpholine rings is 1. The Bertz CT molecular complexity index is 479. The van der Waals surface area contributed by atoms with E-state index < -0.39 is 0 Å². The third-order valence-corrected chi connectivity index (χ3v) is 2.84. The minimum Gasteiger partial charge on any atom is -0.378 e. The highest BCUT2D eigenvalue weighted by Gasteiger charge is 2.16. The van der Waals surface area contributed by atoms with Crippen molar-refractivity contribution in [1.82, 2.24) is 15.1 Å². The van der Waals surface area contributed by atoms with Crippen LogP contribution in [0.15, 0.2) is 12.3 Å². The summed E-state index contributed by atoms with van der Waals surface area (Å²) in [5.74, 6) is 0.498. The zero-order valence-corrected chi connectivity index (χ0v) is 10.5. The average molecular weight is 261 g/mol. The second kappa shape index (κ2) is 6.66. The fraction of sp³-hybridized carbons (Fsp3) is 0.500. The summed E-state index contributed by atoms with van der Waals surface area (Å²) in [6.07, 6.45) is 1.82. The van der Waals surface area contributed by atoms with E-state index >= 15 is 0 Å². The van der Waals surface area contributed by atoms with Crippen LogP contribution in [0.3, 0.4) is 0 Å². The zero-order valence-electron chi connectivity index (χ0n) is 10.5. The Morgan fingerprint density at radius 1 is 1.53 bits per heavy atom. The van der Waals surface area contributed by atoms with Crippen molar-refractivity contribution in [1.29, 1.82) is 5.26 Å². The molecule has 2 rings (SSSR count). The Kier molecular flexibility index (Phi) is 4.64. The molecule has 1 N–H and O–H groups in total. The van der Waals surface area contributed by atoms with Crippen molar-refractivity contribution in [2.75, 3.05) is 38.2 Å². The van der Waals surface area contributed by atoms with Gasteiger partial charge < -0.3 is 15.0 Å². The second-order valence-corrected chi connectivity index (χ2v) is 4.08. The van der Waals surface area contributed by atoms with E-state index in [2.05, 4.69) is 15.5 Å². The monoisotopic (exact) mass is 261 g/mol. The normalized spacial score (nSPS) is 14.8. The van der Waals surface area contributed by atoms with Gasteiger partial charge in [0.05, 0.1) is 25.0 Å². The SMILES string of the molecule is N#Cc1ccnnc1NCCC(=O)N1CCOCC1. The van der Waals surface area contributed by atoms with Crippen molar-refractivity contribution in [3.8, 4) is 6.07 Å². The number of amides is 1. The molecule has 1 amide bonds. The van der Waals surface area contributed by atoms with Crippen LogP contribution in [0.4, 0.5) is 5.82 Å². The number of carbonyl (C=O) groups is 1. The molecule has 0 aliphatic carbocycles. The van der Waals surface area contributed by atoms with E-state index in [4.69, 9.17) is 10.00 Å². The van der Waals surface area contributed by atoms with Crippen molar-refractivity contribution in [3.05, 3.63) is 17.8 Å². The highest BCUT2D eigenvalue weighted by Crippen LogP contribution is 2.08. The molecule has 1 saturated heterocycles. The molecule has 1 aliphatic rings. The number of aromatic nitrogens is 2. The molecule has 0 unspecified atom stereocenters. The number of hydrogen-bond acceptors (Lipinski definition) is 6. The summed E-state index contributed by atoms with van der Waals surface area (Å²) in [5.41, 5.74) is 0.425. The fourth-order valence-electron chi connectivity index (χ4n) is 1.81. The number of hydrogen-bond donors (Lipinski definition) is 1. The fourth-order valence-corrected chi connectivity index (χ4v) is 1.81. The minimum absolute atomic E-state index is 0.0817. The van der Waals surface area contributed by atoms with E-state index in [9.17, 15) is 4.79 Å². The summed E-state index contributed by atoms with van der Waals surface area (Å²) in [6.45, 7) is 2.92. The molecule has 7 heteroatoms. The summed E-state index contributed by atoms with van der Waals surface area (Å²) in [6, 6.07) is 3.60. The number of nitrogens with zero attached hydrogens (tertiary/aromatic N) is 4. The zero-order chi connectivity index (χ0) is 13.5. The van der Waals surface area contributed by atoms with Gasteiger partial charge in [-0.1, -0.05) is 0 Å². The van der Waals surface area contributed by atoms with E-state index in [1.54, 1.807) is 11.0 Å². The Balaban J connectivity index is 1.80. The lowest BCUT2D eigenvalue weighted by Gasteiger charge is -2.26. The number of carbonyl (C=O) groups excluding carboxylic acids is 1. The molecule has 100 valence electrons. The Labute approximate surface area is 111 Å². The lowest BCUT2D eigenvalue weighted by atomic mass is 10.3. The highest BCUT2D eigenvalue weighted by atomic mass is 16.5. The summed E-state index contributed by atoms with van der Waals surface area (Å²) in [4.78, 5) is 13.7. The summed E-state index contributed by atoms with van der Waals surface area (Å²) in [5, 5.41) is 19.4. The largest absolute Gasteiger partial charge is 0.378 e. The lowest BCUT2D eigenvalue weighted by molar-refractivity contribution is -0.134. The van der Waals surface area contributed by atoms with Gasteiger partial charge in [0, 0.05) is 26.1 Å². The van der Waals surface area contributed by atoms with Crippen LogP contribution in [0.25, 0.3) is 0 Å². The first kappa shape index (κ1) is 13.2. The van der Waals surface area contributed by atoms with E-state index in [1.807, 2.05) is 6.07 Å². The predicted molar refractivity (Wildman–Crippen MR) is 67.3 cm³/mol. The van der Waals surface area contributed by atoms with Crippen molar-refractivity contribution in [2.24, 2.45) is 0 Å². The Hall–Kier alpha value is -2.20. The van der Waals surface area contributed by atoms with Crippen molar-refractivity contribution in [2.45, 2.75) is 6.42 Å². The molecular weight excluding hydrogens is 246 g/mol. The quantitative estimate of drug-likeness (QED) is 0.821. The third-order valence-electron chi connectivity index (χ3n) is 2.84. The number of nitriles is 1. The lowest BCUT2D eigenvalue weighted by Crippen LogP contribution is -2.41. The summed E-state index contributed by atoms with van der Waals surface area (Å²) in [7, 11) is 0. The highest BCUT2D eigenvalue weighted by molar-refractivity contribution is 5.76. The topological polar surface area (TPSA) is 91.1 Å². The molecule has 1 aliphatic heterocycles. The van der Waals surface area contributed by atoms with Gasteiger partial charge in [-0.2, -0.15) is 10.4 Å². The van der Waals surface area contributed by atoms with E-state index in [0.29, 0.717) is 50.7 Å². The first-order valence-electron chi connectivity index (χ1n) is 6.12. The number of nitrogens with one attached hydrogen (secondary N) is 1. The Morgan fingerprint density at radius 2 is 2.32 bits per heavy atom. The molecule has 7 nitrogen and oxygen atoms in total. The standard InChI is InChI=1S/C12H15N5O2/c13-9-10-1-4-15-16-12(10)14-3-2-11(18)17-5-7-19-8-6-17/h1,4H,2-3,5-8H2,(H,14,16). The van der Waals surface area contributed by atoms with Crippen LogP contribution in [-0.4, -0.2) is 53.9 Å². The molecular formula is C12H15N5O2. The molecule has 1 aromatic rings. The van der Waals surface area contributed by atoms with Gasteiger partial charge in [-0.05, 0) is 6.07 Å². The number of anilines is 1. The smallest absolute Gasteiger partial charge is 0.224 e. The molecule has 0 atom stereocenters. The maximum absolute atomic E-state index is 11.9. The summed E-state index contributed by atoms with van der Waals surface area (Å²) < 4.78 is 5.19. The van der Waals surface area contributed by atoms with Crippen molar-refractivity contribution in [3.63, 3.8) is 0 Å². The molecule has 2 heterocycles. The van der Waals surface area contributed by atoms with Crippen LogP contribution in [0.2, 0.25) is 0 Å². The van der Waals surface area contributed by atoms with Crippen LogP contribution in [0.5, 0.6) is 0 Å². The first-order valence-corrected chi connectivity index (χ1v) is 6.12. The van der Waals surface area contributed by atoms with Gasteiger partial charge in [0.25, 0.3) is 0 Å². The minimum atomic E-state index is 0.0817. The number of rotatable bonds is 4. The predicted octanol–water partition coefficient (Wildman–Crippen LogP) is 0.00908. The molecule has 0 bridgehead atoms. The van der Waals surface area contributed by atoms with Crippen LogP contribution in [0.1, 0.15) is 12.0 Å². The van der Waals surface area contributed by atoms with Gasteiger partial charge in [-0.3, -0.25) is 4.79 Å². The van der Waals surface area contributed by atoms with Crippen molar-refractivity contribution >= 4 is 11.7 Å². The van der Waals surface area contributed by atoms with Gasteiger partial charge in [0.1, 0.15) is 6.07 Å². The molecule has 0 saturated carbocycles. The first-order chi connectivity index (χ1) is 9.31. The van der Waals surface area contributed by atoms with Gasteiger partial charge in [-0.15, -0.1) is 5.10 Å². The molecule has 0 aromatic carbocycles. The van der Waals surface area contributed by atoms with Crippen LogP contribution < -0.4 is 5.32 Å².